The van der Waals surface area contributed by atoms with E-state index in [1.54, 1.807) is 13.0 Å². The number of hydrogen-bond acceptors (Lipinski definition) is 7. The van der Waals surface area contributed by atoms with Crippen LogP contribution in [0.3, 0.4) is 0 Å². The predicted octanol–water partition coefficient (Wildman–Crippen LogP) is 0.372. The number of carbonyl (C=O) groups excluding carboxylic acids is 3. The molecular weight excluding hydrogens is 378 g/mol. The molecule has 0 aromatic carbocycles. The first-order valence-electron chi connectivity index (χ1n) is 9.64. The summed E-state index contributed by atoms with van der Waals surface area (Å²) in [5.74, 6) is -2.85. The third kappa shape index (κ3) is 3.20. The highest BCUT2D eigenvalue weighted by Gasteiger charge is 2.58. The zero-order valence-corrected chi connectivity index (χ0v) is 17.2. The third-order valence-electron chi connectivity index (χ3n) is 6.45. The summed E-state index contributed by atoms with van der Waals surface area (Å²) in [6.45, 7) is 8.64. The molecule has 1 fully saturated rings. The molecule has 3 heterocycles. The van der Waals surface area contributed by atoms with E-state index in [1.165, 1.54) is 26.0 Å². The Morgan fingerprint density at radius 1 is 1.45 bits per heavy atom. The van der Waals surface area contributed by atoms with Crippen LogP contribution in [-0.2, 0) is 28.6 Å². The lowest BCUT2D eigenvalue weighted by Crippen LogP contribution is -2.69. The highest BCUT2D eigenvalue weighted by molar-refractivity contribution is 5.92. The summed E-state index contributed by atoms with van der Waals surface area (Å²) >= 11 is 0. The Kier molecular flexibility index (Phi) is 5.21. The summed E-state index contributed by atoms with van der Waals surface area (Å²) in [4.78, 5) is 37.4. The van der Waals surface area contributed by atoms with E-state index in [4.69, 9.17) is 14.2 Å². The zero-order valence-electron chi connectivity index (χ0n) is 17.2. The van der Waals surface area contributed by atoms with Gasteiger partial charge in [0, 0.05) is 24.8 Å². The molecule has 5 atom stereocenters. The van der Waals surface area contributed by atoms with Crippen LogP contribution in [0.25, 0.3) is 0 Å². The first-order valence-corrected chi connectivity index (χ1v) is 9.64. The second kappa shape index (κ2) is 7.11. The normalized spacial score (nSPS) is 39.8. The zero-order chi connectivity index (χ0) is 21.6. The van der Waals surface area contributed by atoms with Gasteiger partial charge in [0.1, 0.15) is 6.61 Å². The predicted molar refractivity (Wildman–Crippen MR) is 99.8 cm³/mol. The molecule has 0 amide bonds. The maximum absolute atomic E-state index is 13.9. The molecule has 1 saturated heterocycles. The van der Waals surface area contributed by atoms with Crippen molar-refractivity contribution in [2.45, 2.75) is 44.6 Å². The minimum Gasteiger partial charge on any atom is -0.797 e. The Labute approximate surface area is 170 Å². The van der Waals surface area contributed by atoms with Crippen molar-refractivity contribution in [1.82, 2.24) is 0 Å². The van der Waals surface area contributed by atoms with Crippen molar-refractivity contribution in [3.63, 3.8) is 0 Å². The first-order chi connectivity index (χ1) is 13.5. The minimum absolute atomic E-state index is 0.0949. The number of likely N-dealkylation sites (N-methyl/N-ethyl adjacent to an activating group) is 1. The molecule has 8 heteroatoms. The van der Waals surface area contributed by atoms with Gasteiger partial charge in [-0.3, -0.25) is 4.79 Å². The molecule has 3 rings (SSSR count). The average molecular weight is 405 g/mol. The van der Waals surface area contributed by atoms with E-state index in [0.29, 0.717) is 25.1 Å². The Balaban J connectivity index is 2.08. The van der Waals surface area contributed by atoms with Gasteiger partial charge in [-0.15, -0.1) is 0 Å². The first kappa shape index (κ1) is 21.3. The van der Waals surface area contributed by atoms with Crippen LogP contribution in [0.5, 0.6) is 0 Å². The summed E-state index contributed by atoms with van der Waals surface area (Å²) in [5, 5.41) is 13.9. The van der Waals surface area contributed by atoms with Crippen molar-refractivity contribution < 1.29 is 38.2 Å². The van der Waals surface area contributed by atoms with Gasteiger partial charge in [-0.2, -0.15) is 0 Å². The van der Waals surface area contributed by atoms with Crippen LogP contribution in [0.1, 0.15) is 27.2 Å². The van der Waals surface area contributed by atoms with Crippen LogP contribution in [0, 0.1) is 5.92 Å². The second-order valence-corrected chi connectivity index (χ2v) is 8.30. The van der Waals surface area contributed by atoms with Crippen molar-refractivity contribution in [2.75, 3.05) is 26.7 Å². The molecular formula is C21H27NO7. The Morgan fingerprint density at radius 2 is 2.14 bits per heavy atom. The highest BCUT2D eigenvalue weighted by Crippen LogP contribution is 2.43. The number of quaternary nitrogens is 1. The fraction of sp³-hybridized carbons (Fsp3) is 0.571. The highest BCUT2D eigenvalue weighted by atomic mass is 16.6. The van der Waals surface area contributed by atoms with Gasteiger partial charge in [-0.25, -0.2) is 9.59 Å². The van der Waals surface area contributed by atoms with Crippen LogP contribution in [0.15, 0.2) is 36.0 Å². The lowest BCUT2D eigenvalue weighted by Gasteiger charge is -2.49. The molecule has 3 aliphatic heterocycles. The van der Waals surface area contributed by atoms with E-state index in [2.05, 4.69) is 6.58 Å². The summed E-state index contributed by atoms with van der Waals surface area (Å²) in [5.41, 5.74) is -2.95. The van der Waals surface area contributed by atoms with Gasteiger partial charge in [-0.1, -0.05) is 25.7 Å². The third-order valence-corrected chi connectivity index (χ3v) is 6.45. The molecule has 8 nitrogen and oxygen atoms in total. The van der Waals surface area contributed by atoms with E-state index in [0.717, 1.165) is 0 Å². The smallest absolute Gasteiger partial charge is 0.351 e. The number of ether oxygens (including phenoxy) is 3. The molecule has 0 spiro atoms. The lowest BCUT2D eigenvalue weighted by atomic mass is 9.88. The van der Waals surface area contributed by atoms with Gasteiger partial charge in [0.25, 0.3) is 0 Å². The van der Waals surface area contributed by atoms with Gasteiger partial charge >= 0.3 is 17.9 Å². The van der Waals surface area contributed by atoms with Crippen molar-refractivity contribution >= 4 is 17.9 Å². The average Bonchev–Trinajstić information content (AvgIpc) is 3.04. The number of cyclic esters (lactones) is 1. The molecule has 0 bridgehead atoms. The number of rotatable bonds is 2. The van der Waals surface area contributed by atoms with E-state index in [9.17, 15) is 19.5 Å². The quantitative estimate of drug-likeness (QED) is 0.283. The largest absolute Gasteiger partial charge is 0.797 e. The monoisotopic (exact) mass is 405 g/mol. The van der Waals surface area contributed by atoms with Gasteiger partial charge in [-0.05, 0) is 13.0 Å². The maximum Gasteiger partial charge on any atom is 0.351 e. The molecule has 0 aromatic heterocycles. The van der Waals surface area contributed by atoms with E-state index < -0.39 is 41.3 Å². The SMILES string of the molecule is C=CC1=C[C@H](C)[C@](C)(OC(C)=O)C(=O)OCC2=CC[N+]3(C)CC[C@@H](OC1=O)[C@@]23[O-]. The van der Waals surface area contributed by atoms with Gasteiger partial charge in [0.2, 0.25) is 5.60 Å². The molecule has 29 heavy (non-hydrogen) atoms. The summed E-state index contributed by atoms with van der Waals surface area (Å²) in [6, 6.07) is 0. The van der Waals surface area contributed by atoms with Crippen LogP contribution in [0.4, 0.5) is 0 Å². The van der Waals surface area contributed by atoms with Crippen LogP contribution < -0.4 is 5.11 Å². The summed E-state index contributed by atoms with van der Waals surface area (Å²) in [6.07, 6.45) is 4.04. The van der Waals surface area contributed by atoms with Crippen molar-refractivity contribution in [3.8, 4) is 0 Å². The number of hydrogen-bond donors (Lipinski definition) is 0. The Morgan fingerprint density at radius 3 is 2.76 bits per heavy atom. The molecule has 0 saturated carbocycles. The van der Waals surface area contributed by atoms with Crippen LogP contribution in [0.2, 0.25) is 0 Å². The molecule has 1 unspecified atom stereocenters. The molecule has 158 valence electrons. The van der Waals surface area contributed by atoms with E-state index in [1.807, 2.05) is 7.05 Å². The second-order valence-electron chi connectivity index (χ2n) is 8.30. The molecule has 0 radical (unpaired) electrons. The lowest BCUT2D eigenvalue weighted by molar-refractivity contribution is -1.01. The van der Waals surface area contributed by atoms with Crippen molar-refractivity contribution in [1.29, 1.82) is 0 Å². The number of carbonyl (C=O) groups is 3. The minimum atomic E-state index is -1.73. The Hall–Kier alpha value is -2.45. The van der Waals surface area contributed by atoms with E-state index in [-0.39, 0.29) is 16.7 Å². The Bertz CT molecular complexity index is 831. The fourth-order valence-electron chi connectivity index (χ4n) is 4.40. The molecule has 0 aromatic rings. The van der Waals surface area contributed by atoms with Gasteiger partial charge < -0.3 is 23.8 Å². The van der Waals surface area contributed by atoms with Gasteiger partial charge in [0.05, 0.1) is 31.4 Å². The van der Waals surface area contributed by atoms with Crippen molar-refractivity contribution in [3.05, 3.63) is 36.0 Å². The van der Waals surface area contributed by atoms with Crippen LogP contribution in [-0.4, -0.2) is 66.6 Å². The van der Waals surface area contributed by atoms with Crippen LogP contribution >= 0.6 is 0 Å². The number of nitrogens with zero attached hydrogens (tertiary/aromatic N) is 1. The maximum atomic E-state index is 13.9. The fourth-order valence-corrected chi connectivity index (χ4v) is 4.40. The standard InChI is InChI=1S/C21H27NO7/c1-6-15-11-13(2)20(4,29-14(3)23)19(25)27-12-16-7-9-22(5)10-8-17(21(16,22)26)28-18(15)24/h6-7,11,13,17H,1,8-10,12H2,2-5H3/t13-,17+,20-,21-,22?/m0/s1. The summed E-state index contributed by atoms with van der Waals surface area (Å²) in [7, 11) is 1.81. The molecule has 0 N–H and O–H groups in total. The summed E-state index contributed by atoms with van der Waals surface area (Å²) < 4.78 is 16.5. The topological polar surface area (TPSA) is 102 Å². The molecule has 3 aliphatic rings. The van der Waals surface area contributed by atoms with Crippen molar-refractivity contribution in [2.24, 2.45) is 5.92 Å². The molecule has 0 aliphatic carbocycles. The van der Waals surface area contributed by atoms with E-state index >= 15 is 0 Å². The van der Waals surface area contributed by atoms with Gasteiger partial charge in [0.15, 0.2) is 6.10 Å². The number of esters is 3.